The number of rotatable bonds is 3. The third-order valence-corrected chi connectivity index (χ3v) is 4.61. The number of carbonyl (C=O) groups excluding carboxylic acids is 2. The lowest BCUT2D eigenvalue weighted by molar-refractivity contribution is -0.174. The smallest absolute Gasteiger partial charge is 0.345 e. The minimum Gasteiger partial charge on any atom is -0.345 e. The van der Waals surface area contributed by atoms with Crippen LogP contribution in [0.1, 0.15) is 23.2 Å². The molecule has 0 aromatic heterocycles. The molecule has 0 aliphatic carbocycles. The van der Waals surface area contributed by atoms with Gasteiger partial charge in [0.25, 0.3) is 5.91 Å². The van der Waals surface area contributed by atoms with Gasteiger partial charge in [0.1, 0.15) is 0 Å². The van der Waals surface area contributed by atoms with Crippen molar-refractivity contribution < 1.29 is 22.8 Å². The highest BCUT2D eigenvalue weighted by Crippen LogP contribution is 2.21. The number of nitrogens with zero attached hydrogens (tertiary/aromatic N) is 1. The minimum atomic E-state index is -4.88. The monoisotopic (exact) mass is 376 g/mol. The predicted octanol–water partition coefficient (Wildman–Crippen LogP) is 3.64. The van der Waals surface area contributed by atoms with E-state index in [1.165, 1.54) is 0 Å². The molecule has 2 amide bonds. The number of piperidine rings is 1. The average Bonchev–Trinajstić information content (AvgIpc) is 2.68. The van der Waals surface area contributed by atoms with Crippen LogP contribution in [0.25, 0.3) is 11.1 Å². The first-order valence-electron chi connectivity index (χ1n) is 8.67. The molecule has 2 aromatic carbocycles. The predicted molar refractivity (Wildman–Crippen MR) is 95.0 cm³/mol. The number of benzene rings is 2. The normalized spacial score (nSPS) is 15.4. The Morgan fingerprint density at radius 2 is 1.44 bits per heavy atom. The number of alkyl halides is 3. The van der Waals surface area contributed by atoms with Crippen LogP contribution in [0.3, 0.4) is 0 Å². The van der Waals surface area contributed by atoms with E-state index in [2.05, 4.69) is 0 Å². The third-order valence-electron chi connectivity index (χ3n) is 4.61. The second-order valence-corrected chi connectivity index (χ2v) is 6.48. The second-order valence-electron chi connectivity index (χ2n) is 6.48. The second kappa shape index (κ2) is 7.82. The number of nitrogens with one attached hydrogen (secondary N) is 1. The topological polar surface area (TPSA) is 49.4 Å². The Labute approximate surface area is 155 Å². The number of hydrogen-bond acceptors (Lipinski definition) is 2. The van der Waals surface area contributed by atoms with Gasteiger partial charge in [-0.3, -0.25) is 9.59 Å². The Kier molecular flexibility index (Phi) is 5.48. The van der Waals surface area contributed by atoms with Crippen LogP contribution in [-0.2, 0) is 4.79 Å². The van der Waals surface area contributed by atoms with Gasteiger partial charge in [-0.2, -0.15) is 13.2 Å². The van der Waals surface area contributed by atoms with Gasteiger partial charge in [0.2, 0.25) is 0 Å². The summed E-state index contributed by atoms with van der Waals surface area (Å²) in [6.07, 6.45) is -4.28. The van der Waals surface area contributed by atoms with Gasteiger partial charge in [0.05, 0.1) is 0 Å². The van der Waals surface area contributed by atoms with Crippen molar-refractivity contribution in [2.75, 3.05) is 13.1 Å². The molecule has 0 atom stereocenters. The van der Waals surface area contributed by atoms with Crippen LogP contribution in [-0.4, -0.2) is 42.0 Å². The maximum Gasteiger partial charge on any atom is 0.471 e. The molecule has 2 aromatic rings. The Balaban J connectivity index is 1.57. The highest BCUT2D eigenvalue weighted by molar-refractivity contribution is 5.94. The van der Waals surface area contributed by atoms with Crippen LogP contribution in [0, 0.1) is 0 Å². The zero-order valence-electron chi connectivity index (χ0n) is 14.5. The van der Waals surface area contributed by atoms with Gasteiger partial charge in [0.15, 0.2) is 0 Å². The molecule has 142 valence electrons. The fourth-order valence-corrected chi connectivity index (χ4v) is 3.11. The lowest BCUT2D eigenvalue weighted by Crippen LogP contribution is -2.49. The van der Waals surface area contributed by atoms with Crippen molar-refractivity contribution in [1.29, 1.82) is 0 Å². The fourth-order valence-electron chi connectivity index (χ4n) is 3.11. The van der Waals surface area contributed by atoms with Gasteiger partial charge < -0.3 is 10.2 Å². The molecular formula is C20H19F3N2O2. The third kappa shape index (κ3) is 4.67. The SMILES string of the molecule is O=C(c1ccc(-c2ccccc2)cc1)N1CCC(NC(=O)C(F)(F)F)CC1. The van der Waals surface area contributed by atoms with E-state index in [9.17, 15) is 22.8 Å². The zero-order chi connectivity index (χ0) is 19.4. The van der Waals surface area contributed by atoms with E-state index < -0.39 is 18.1 Å². The van der Waals surface area contributed by atoms with Crippen LogP contribution in [0.15, 0.2) is 54.6 Å². The summed E-state index contributed by atoms with van der Waals surface area (Å²) in [6, 6.07) is 16.5. The van der Waals surface area contributed by atoms with E-state index in [4.69, 9.17) is 0 Å². The van der Waals surface area contributed by atoms with E-state index in [0.717, 1.165) is 11.1 Å². The molecule has 0 radical (unpaired) electrons. The molecule has 1 heterocycles. The van der Waals surface area contributed by atoms with Gasteiger partial charge in [-0.1, -0.05) is 42.5 Å². The summed E-state index contributed by atoms with van der Waals surface area (Å²) in [5, 5.41) is 1.98. The number of halogens is 3. The maximum absolute atomic E-state index is 12.6. The highest BCUT2D eigenvalue weighted by atomic mass is 19.4. The standard InChI is InChI=1S/C20H19F3N2O2/c21-20(22,23)19(27)24-17-10-12-25(13-11-17)18(26)16-8-6-15(7-9-16)14-4-2-1-3-5-14/h1-9,17H,10-13H2,(H,24,27). The van der Waals surface area contributed by atoms with Crippen LogP contribution in [0.2, 0.25) is 0 Å². The summed E-state index contributed by atoms with van der Waals surface area (Å²) in [5.74, 6) is -2.08. The van der Waals surface area contributed by atoms with Crippen molar-refractivity contribution in [2.45, 2.75) is 25.1 Å². The first kappa shape index (κ1) is 18.9. The molecule has 0 unspecified atom stereocenters. The molecule has 1 saturated heterocycles. The molecule has 1 fully saturated rings. The molecule has 3 rings (SSSR count). The number of carbonyl (C=O) groups is 2. The summed E-state index contributed by atoms with van der Waals surface area (Å²) < 4.78 is 36.9. The molecule has 27 heavy (non-hydrogen) atoms. The summed E-state index contributed by atoms with van der Waals surface area (Å²) >= 11 is 0. The zero-order valence-corrected chi connectivity index (χ0v) is 14.5. The van der Waals surface area contributed by atoms with Crippen LogP contribution < -0.4 is 5.32 Å². The minimum absolute atomic E-state index is 0.157. The largest absolute Gasteiger partial charge is 0.471 e. The number of likely N-dealkylation sites (tertiary alicyclic amines) is 1. The quantitative estimate of drug-likeness (QED) is 0.889. The van der Waals surface area contributed by atoms with Crippen molar-refractivity contribution in [1.82, 2.24) is 10.2 Å². The Morgan fingerprint density at radius 3 is 2.00 bits per heavy atom. The first-order chi connectivity index (χ1) is 12.8. The average molecular weight is 376 g/mol. The van der Waals surface area contributed by atoms with Gasteiger partial charge in [0, 0.05) is 24.7 Å². The van der Waals surface area contributed by atoms with Crippen molar-refractivity contribution in [3.8, 4) is 11.1 Å². The Hall–Kier alpha value is -2.83. The molecule has 0 saturated carbocycles. The van der Waals surface area contributed by atoms with E-state index in [-0.39, 0.29) is 5.91 Å². The Bertz CT molecular complexity index is 796. The van der Waals surface area contributed by atoms with E-state index >= 15 is 0 Å². The molecule has 0 bridgehead atoms. The van der Waals surface area contributed by atoms with Crippen LogP contribution >= 0.6 is 0 Å². The first-order valence-corrected chi connectivity index (χ1v) is 8.67. The van der Waals surface area contributed by atoms with Crippen molar-refractivity contribution in [3.63, 3.8) is 0 Å². The van der Waals surface area contributed by atoms with E-state index in [0.29, 0.717) is 31.5 Å². The van der Waals surface area contributed by atoms with Crippen LogP contribution in [0.4, 0.5) is 13.2 Å². The highest BCUT2D eigenvalue weighted by Gasteiger charge is 2.40. The van der Waals surface area contributed by atoms with E-state index in [1.54, 1.807) is 17.0 Å². The van der Waals surface area contributed by atoms with Gasteiger partial charge in [-0.25, -0.2) is 0 Å². The summed E-state index contributed by atoms with van der Waals surface area (Å²) in [7, 11) is 0. The Morgan fingerprint density at radius 1 is 0.889 bits per heavy atom. The molecule has 1 aliphatic rings. The van der Waals surface area contributed by atoms with E-state index in [1.807, 2.05) is 47.8 Å². The maximum atomic E-state index is 12.6. The van der Waals surface area contributed by atoms with Gasteiger partial charge in [-0.05, 0) is 36.1 Å². The van der Waals surface area contributed by atoms with Crippen molar-refractivity contribution in [3.05, 3.63) is 60.2 Å². The van der Waals surface area contributed by atoms with Gasteiger partial charge >= 0.3 is 12.1 Å². The van der Waals surface area contributed by atoms with Crippen LogP contribution in [0.5, 0.6) is 0 Å². The summed E-state index contributed by atoms with van der Waals surface area (Å²) in [6.45, 7) is 0.615. The molecule has 7 heteroatoms. The van der Waals surface area contributed by atoms with Gasteiger partial charge in [-0.15, -0.1) is 0 Å². The van der Waals surface area contributed by atoms with Crippen molar-refractivity contribution in [2.24, 2.45) is 0 Å². The fraction of sp³-hybridized carbons (Fsp3) is 0.300. The molecular weight excluding hydrogens is 357 g/mol. The summed E-state index contributed by atoms with van der Waals surface area (Å²) in [5.41, 5.74) is 2.59. The number of amides is 2. The number of hydrogen-bond donors (Lipinski definition) is 1. The molecule has 1 aliphatic heterocycles. The lowest BCUT2D eigenvalue weighted by Gasteiger charge is -2.32. The van der Waals surface area contributed by atoms with Crippen molar-refractivity contribution >= 4 is 11.8 Å². The summed E-state index contributed by atoms with van der Waals surface area (Å²) in [4.78, 5) is 25.2. The molecule has 0 spiro atoms. The molecule has 4 nitrogen and oxygen atoms in total. The lowest BCUT2D eigenvalue weighted by atomic mass is 10.0. The molecule has 1 N–H and O–H groups in total.